The molecule has 1 atom stereocenters. The molecule has 1 amide bonds. The Morgan fingerprint density at radius 1 is 1.23 bits per heavy atom. The zero-order valence-corrected chi connectivity index (χ0v) is 13.2. The van der Waals surface area contributed by atoms with E-state index < -0.39 is 0 Å². The van der Waals surface area contributed by atoms with E-state index in [1.54, 1.807) is 6.20 Å². The van der Waals surface area contributed by atoms with Gasteiger partial charge in [0.15, 0.2) is 0 Å². The van der Waals surface area contributed by atoms with Crippen LogP contribution in [0.5, 0.6) is 0 Å². The van der Waals surface area contributed by atoms with Crippen LogP contribution in [0.4, 0.5) is 0 Å². The van der Waals surface area contributed by atoms with E-state index >= 15 is 0 Å². The van der Waals surface area contributed by atoms with Gasteiger partial charge in [-0.15, -0.1) is 0 Å². The van der Waals surface area contributed by atoms with E-state index in [2.05, 4.69) is 36.2 Å². The summed E-state index contributed by atoms with van der Waals surface area (Å²) in [5.41, 5.74) is 4.33. The highest BCUT2D eigenvalue weighted by molar-refractivity contribution is 5.94. The molecule has 0 saturated carbocycles. The van der Waals surface area contributed by atoms with Crippen LogP contribution in [0.1, 0.15) is 46.4 Å². The first-order valence-corrected chi connectivity index (χ1v) is 7.98. The van der Waals surface area contributed by atoms with Crippen LogP contribution in [0.3, 0.4) is 0 Å². The van der Waals surface area contributed by atoms with Gasteiger partial charge in [0.2, 0.25) is 0 Å². The maximum Gasteiger partial charge on any atom is 0.255 e. The molecule has 1 unspecified atom stereocenters. The number of amides is 1. The Morgan fingerprint density at radius 3 is 2.64 bits per heavy atom. The maximum absolute atomic E-state index is 12.5. The van der Waals surface area contributed by atoms with Crippen molar-refractivity contribution in [3.05, 3.63) is 65.0 Å². The topological polar surface area (TPSA) is 33.2 Å². The quantitative estimate of drug-likeness (QED) is 0.867. The lowest BCUT2D eigenvalue weighted by molar-refractivity contribution is 0.0790. The Morgan fingerprint density at radius 2 is 2.00 bits per heavy atom. The molecule has 0 aliphatic carbocycles. The van der Waals surface area contributed by atoms with Crippen molar-refractivity contribution >= 4 is 5.91 Å². The van der Waals surface area contributed by atoms with Crippen molar-refractivity contribution in [1.82, 2.24) is 9.88 Å². The molecule has 1 aliphatic rings. The summed E-state index contributed by atoms with van der Waals surface area (Å²) in [6.07, 6.45) is 3.79. The standard InChI is InChI=1S/C19H22N2O/c1-3-15-5-8-16(9-6-15)18-10-11-21(13-18)19(22)17-7-4-14(2)20-12-17/h4-9,12,18H,3,10-11,13H2,1-2H3. The van der Waals surface area contributed by atoms with E-state index in [1.807, 2.05) is 24.0 Å². The van der Waals surface area contributed by atoms with E-state index in [0.717, 1.165) is 31.6 Å². The normalized spacial score (nSPS) is 17.7. The zero-order chi connectivity index (χ0) is 15.5. The van der Waals surface area contributed by atoms with Gasteiger partial charge in [0.05, 0.1) is 5.56 Å². The molecule has 2 aromatic rings. The minimum Gasteiger partial charge on any atom is -0.338 e. The Hall–Kier alpha value is -2.16. The van der Waals surface area contributed by atoms with Gasteiger partial charge in [0.1, 0.15) is 0 Å². The van der Waals surface area contributed by atoms with Crippen LogP contribution in [-0.2, 0) is 6.42 Å². The SMILES string of the molecule is CCc1ccc(C2CCN(C(=O)c3ccc(C)nc3)C2)cc1. The number of aryl methyl sites for hydroxylation is 2. The summed E-state index contributed by atoms with van der Waals surface area (Å²) in [5.74, 6) is 0.549. The lowest BCUT2D eigenvalue weighted by Crippen LogP contribution is -2.28. The Kier molecular flexibility index (Phi) is 4.23. The highest BCUT2D eigenvalue weighted by atomic mass is 16.2. The fourth-order valence-corrected chi connectivity index (χ4v) is 3.02. The Balaban J connectivity index is 1.68. The highest BCUT2D eigenvalue weighted by Gasteiger charge is 2.27. The van der Waals surface area contributed by atoms with Crippen LogP contribution < -0.4 is 0 Å². The van der Waals surface area contributed by atoms with Gasteiger partial charge < -0.3 is 4.90 Å². The summed E-state index contributed by atoms with van der Waals surface area (Å²) in [6.45, 7) is 5.73. The fraction of sp³-hybridized carbons (Fsp3) is 0.368. The summed E-state index contributed by atoms with van der Waals surface area (Å²) >= 11 is 0. The van der Waals surface area contributed by atoms with Crippen molar-refractivity contribution in [2.45, 2.75) is 32.6 Å². The van der Waals surface area contributed by atoms with Gasteiger partial charge >= 0.3 is 0 Å². The summed E-state index contributed by atoms with van der Waals surface area (Å²) in [7, 11) is 0. The number of rotatable bonds is 3. The van der Waals surface area contributed by atoms with E-state index in [9.17, 15) is 4.79 Å². The number of pyridine rings is 1. The van der Waals surface area contributed by atoms with Crippen molar-refractivity contribution < 1.29 is 4.79 Å². The summed E-state index contributed by atoms with van der Waals surface area (Å²) in [5, 5.41) is 0. The first-order chi connectivity index (χ1) is 10.7. The van der Waals surface area contributed by atoms with Crippen LogP contribution in [0.25, 0.3) is 0 Å². The van der Waals surface area contributed by atoms with Crippen molar-refractivity contribution in [2.75, 3.05) is 13.1 Å². The van der Waals surface area contributed by atoms with Gasteiger partial charge in [-0.05, 0) is 43.0 Å². The lowest BCUT2D eigenvalue weighted by atomic mass is 9.97. The summed E-state index contributed by atoms with van der Waals surface area (Å²) in [6, 6.07) is 12.6. The van der Waals surface area contributed by atoms with Crippen molar-refractivity contribution in [1.29, 1.82) is 0 Å². The third-order valence-corrected chi connectivity index (χ3v) is 4.49. The van der Waals surface area contributed by atoms with Gasteiger partial charge in [-0.2, -0.15) is 0 Å². The number of carbonyl (C=O) groups is 1. The number of hydrogen-bond acceptors (Lipinski definition) is 2. The molecule has 0 bridgehead atoms. The number of benzene rings is 1. The molecule has 1 fully saturated rings. The van der Waals surface area contributed by atoms with E-state index in [0.29, 0.717) is 11.5 Å². The van der Waals surface area contributed by atoms with Crippen LogP contribution in [0, 0.1) is 6.92 Å². The van der Waals surface area contributed by atoms with Crippen LogP contribution in [0.15, 0.2) is 42.6 Å². The predicted octanol–water partition coefficient (Wildman–Crippen LogP) is 3.58. The van der Waals surface area contributed by atoms with Crippen LogP contribution in [-0.4, -0.2) is 28.9 Å². The molecule has 1 aliphatic heterocycles. The van der Waals surface area contributed by atoms with Gasteiger partial charge in [-0.25, -0.2) is 0 Å². The second-order valence-electron chi connectivity index (χ2n) is 6.02. The van der Waals surface area contributed by atoms with Crippen molar-refractivity contribution in [2.24, 2.45) is 0 Å². The number of aromatic nitrogens is 1. The van der Waals surface area contributed by atoms with Gasteiger partial charge in [-0.1, -0.05) is 31.2 Å². The molecule has 0 radical (unpaired) electrons. The predicted molar refractivity (Wildman–Crippen MR) is 88.1 cm³/mol. The molecule has 1 saturated heterocycles. The van der Waals surface area contributed by atoms with E-state index in [-0.39, 0.29) is 5.91 Å². The highest BCUT2D eigenvalue weighted by Crippen LogP contribution is 2.28. The molecule has 114 valence electrons. The second kappa shape index (κ2) is 6.30. The van der Waals surface area contributed by atoms with Crippen LogP contribution in [0.2, 0.25) is 0 Å². The minimum atomic E-state index is 0.0974. The van der Waals surface area contributed by atoms with Gasteiger partial charge in [0.25, 0.3) is 5.91 Å². The lowest BCUT2D eigenvalue weighted by Gasteiger charge is -2.17. The summed E-state index contributed by atoms with van der Waals surface area (Å²) in [4.78, 5) is 18.7. The molecule has 1 aromatic heterocycles. The Labute approximate surface area is 132 Å². The van der Waals surface area contributed by atoms with E-state index in [4.69, 9.17) is 0 Å². The average molecular weight is 294 g/mol. The molecule has 1 aromatic carbocycles. The molecular formula is C19H22N2O. The zero-order valence-electron chi connectivity index (χ0n) is 13.2. The minimum absolute atomic E-state index is 0.0974. The number of carbonyl (C=O) groups excluding carboxylic acids is 1. The van der Waals surface area contributed by atoms with Crippen molar-refractivity contribution in [3.63, 3.8) is 0 Å². The monoisotopic (exact) mass is 294 g/mol. The third-order valence-electron chi connectivity index (χ3n) is 4.49. The molecule has 3 heteroatoms. The summed E-state index contributed by atoms with van der Waals surface area (Å²) < 4.78 is 0. The second-order valence-corrected chi connectivity index (χ2v) is 6.02. The number of likely N-dealkylation sites (tertiary alicyclic amines) is 1. The molecular weight excluding hydrogens is 272 g/mol. The fourth-order valence-electron chi connectivity index (χ4n) is 3.02. The third kappa shape index (κ3) is 3.03. The van der Waals surface area contributed by atoms with Gasteiger partial charge in [0, 0.05) is 30.9 Å². The largest absolute Gasteiger partial charge is 0.338 e. The maximum atomic E-state index is 12.5. The average Bonchev–Trinajstić information content (AvgIpc) is 3.05. The number of nitrogens with zero attached hydrogens (tertiary/aromatic N) is 2. The smallest absolute Gasteiger partial charge is 0.255 e. The van der Waals surface area contributed by atoms with Gasteiger partial charge in [-0.3, -0.25) is 9.78 Å². The number of hydrogen-bond donors (Lipinski definition) is 0. The molecule has 22 heavy (non-hydrogen) atoms. The van der Waals surface area contributed by atoms with Crippen molar-refractivity contribution in [3.8, 4) is 0 Å². The molecule has 2 heterocycles. The van der Waals surface area contributed by atoms with Crippen LogP contribution >= 0.6 is 0 Å². The first kappa shape index (κ1) is 14.8. The molecule has 0 N–H and O–H groups in total. The Bertz CT molecular complexity index is 646. The first-order valence-electron chi connectivity index (χ1n) is 7.98. The molecule has 3 nitrogen and oxygen atoms in total. The molecule has 3 rings (SSSR count). The van der Waals surface area contributed by atoms with E-state index in [1.165, 1.54) is 11.1 Å². The molecule has 0 spiro atoms.